The van der Waals surface area contributed by atoms with Crippen molar-refractivity contribution in [1.29, 1.82) is 0 Å². The maximum atomic E-state index is 12.1. The average Bonchev–Trinajstić information content (AvgIpc) is 2.70. The van der Waals surface area contributed by atoms with Gasteiger partial charge in [0, 0.05) is 13.0 Å². The van der Waals surface area contributed by atoms with Gasteiger partial charge in [0.2, 0.25) is 0 Å². The number of aromatic carboxylic acids is 1. The number of nitrogens with zero attached hydrogens (tertiary/aromatic N) is 3. The Bertz CT molecular complexity index is 697. The van der Waals surface area contributed by atoms with Gasteiger partial charge >= 0.3 is 12.1 Å². The predicted molar refractivity (Wildman–Crippen MR) is 69.5 cm³/mol. The van der Waals surface area contributed by atoms with Crippen LogP contribution in [0.5, 0.6) is 0 Å². The van der Waals surface area contributed by atoms with Crippen LogP contribution in [0.25, 0.3) is 11.0 Å². The molecule has 21 heavy (non-hydrogen) atoms. The molecule has 2 aromatic heterocycles. The second kappa shape index (κ2) is 5.51. The van der Waals surface area contributed by atoms with Gasteiger partial charge in [0.15, 0.2) is 5.65 Å². The summed E-state index contributed by atoms with van der Waals surface area (Å²) in [5.74, 6) is -1.21. The second-order valence-corrected chi connectivity index (χ2v) is 4.89. The third kappa shape index (κ3) is 3.26. The van der Waals surface area contributed by atoms with Crippen molar-refractivity contribution >= 4 is 28.6 Å². The standard InChI is InChI=1S/C12H11ClF3N3O2/c1-6-8(11(20)21)9(13)7-5-17-19(10(7)18-6)4-2-3-12(14,15)16/h5H,2-4H2,1H3,(H,20,21). The van der Waals surface area contributed by atoms with Gasteiger partial charge in [-0.2, -0.15) is 18.3 Å². The molecular formula is C12H11ClF3N3O2. The molecule has 0 amide bonds. The van der Waals surface area contributed by atoms with E-state index in [2.05, 4.69) is 10.1 Å². The molecular weight excluding hydrogens is 311 g/mol. The zero-order valence-electron chi connectivity index (χ0n) is 10.9. The van der Waals surface area contributed by atoms with Crippen molar-refractivity contribution in [2.75, 3.05) is 0 Å². The summed E-state index contributed by atoms with van der Waals surface area (Å²) in [5.41, 5.74) is 0.348. The Morgan fingerprint density at radius 3 is 2.71 bits per heavy atom. The summed E-state index contributed by atoms with van der Waals surface area (Å²) in [5, 5.41) is 13.3. The summed E-state index contributed by atoms with van der Waals surface area (Å²) in [7, 11) is 0. The highest BCUT2D eigenvalue weighted by Crippen LogP contribution is 2.28. The van der Waals surface area contributed by atoms with Crippen LogP contribution in [0.2, 0.25) is 5.02 Å². The van der Waals surface area contributed by atoms with Crippen molar-refractivity contribution in [3.05, 3.63) is 22.5 Å². The number of carbonyl (C=O) groups is 1. The Morgan fingerprint density at radius 2 is 2.14 bits per heavy atom. The van der Waals surface area contributed by atoms with Gasteiger partial charge in [0.25, 0.3) is 0 Å². The number of hydrogen-bond acceptors (Lipinski definition) is 3. The molecule has 0 spiro atoms. The fourth-order valence-electron chi connectivity index (χ4n) is 2.00. The Labute approximate surface area is 122 Å². The van der Waals surface area contributed by atoms with Gasteiger partial charge in [-0.15, -0.1) is 0 Å². The highest BCUT2D eigenvalue weighted by atomic mass is 35.5. The maximum Gasteiger partial charge on any atom is 0.389 e. The van der Waals surface area contributed by atoms with Crippen molar-refractivity contribution in [3.63, 3.8) is 0 Å². The van der Waals surface area contributed by atoms with E-state index in [1.165, 1.54) is 17.8 Å². The van der Waals surface area contributed by atoms with Crippen molar-refractivity contribution in [2.45, 2.75) is 32.5 Å². The molecule has 5 nitrogen and oxygen atoms in total. The van der Waals surface area contributed by atoms with Crippen LogP contribution in [0, 0.1) is 6.92 Å². The molecule has 0 saturated heterocycles. The summed E-state index contributed by atoms with van der Waals surface area (Å²) in [6.07, 6.45) is -3.97. The third-order valence-electron chi connectivity index (χ3n) is 2.95. The third-order valence-corrected chi connectivity index (χ3v) is 3.34. The summed E-state index contributed by atoms with van der Waals surface area (Å²) < 4.78 is 37.7. The van der Waals surface area contributed by atoms with E-state index in [-0.39, 0.29) is 34.9 Å². The first-order valence-corrected chi connectivity index (χ1v) is 6.40. The minimum absolute atomic E-state index is 0.00734. The number of aromatic nitrogens is 3. The minimum atomic E-state index is -4.22. The smallest absolute Gasteiger partial charge is 0.389 e. The predicted octanol–water partition coefficient (Wildman–Crippen LogP) is 3.43. The quantitative estimate of drug-likeness (QED) is 0.936. The Kier molecular flexibility index (Phi) is 4.08. The molecule has 1 N–H and O–H groups in total. The van der Waals surface area contributed by atoms with E-state index in [1.807, 2.05) is 0 Å². The number of carboxylic acids is 1. The van der Waals surface area contributed by atoms with Gasteiger partial charge < -0.3 is 5.11 Å². The van der Waals surface area contributed by atoms with E-state index in [0.29, 0.717) is 5.39 Å². The lowest BCUT2D eigenvalue weighted by Crippen LogP contribution is -2.10. The fraction of sp³-hybridized carbons (Fsp3) is 0.417. The van der Waals surface area contributed by atoms with Gasteiger partial charge in [0.05, 0.1) is 22.3 Å². The maximum absolute atomic E-state index is 12.1. The molecule has 114 valence electrons. The number of alkyl halides is 3. The van der Waals surface area contributed by atoms with Gasteiger partial charge in [-0.25, -0.2) is 14.5 Å². The first kappa shape index (κ1) is 15.6. The Balaban J connectivity index is 2.34. The van der Waals surface area contributed by atoms with Gasteiger partial charge in [0.1, 0.15) is 5.56 Å². The SMILES string of the molecule is Cc1nc2c(cnn2CCCC(F)(F)F)c(Cl)c1C(=O)O. The molecule has 0 saturated carbocycles. The number of aryl methyl sites for hydroxylation is 2. The number of carboxylic acid groups (broad SMARTS) is 1. The van der Waals surface area contributed by atoms with E-state index in [0.717, 1.165) is 0 Å². The molecule has 2 aromatic rings. The molecule has 0 unspecified atom stereocenters. The van der Waals surface area contributed by atoms with E-state index < -0.39 is 18.6 Å². The second-order valence-electron chi connectivity index (χ2n) is 4.52. The Morgan fingerprint density at radius 1 is 1.48 bits per heavy atom. The molecule has 0 atom stereocenters. The molecule has 2 heterocycles. The van der Waals surface area contributed by atoms with Crippen LogP contribution in [-0.2, 0) is 6.54 Å². The van der Waals surface area contributed by atoms with Gasteiger partial charge in [-0.1, -0.05) is 11.6 Å². The molecule has 0 aliphatic carbocycles. The van der Waals surface area contributed by atoms with Crippen molar-refractivity contribution in [1.82, 2.24) is 14.8 Å². The topological polar surface area (TPSA) is 68.0 Å². The highest BCUT2D eigenvalue weighted by molar-refractivity contribution is 6.38. The molecule has 0 fully saturated rings. The minimum Gasteiger partial charge on any atom is -0.478 e. The van der Waals surface area contributed by atoms with Crippen molar-refractivity contribution in [2.24, 2.45) is 0 Å². The molecule has 2 rings (SSSR count). The van der Waals surface area contributed by atoms with Crippen LogP contribution in [0.4, 0.5) is 13.2 Å². The monoisotopic (exact) mass is 321 g/mol. The lowest BCUT2D eigenvalue weighted by atomic mass is 10.1. The van der Waals surface area contributed by atoms with Crippen LogP contribution in [0.1, 0.15) is 28.9 Å². The summed E-state index contributed by atoms with van der Waals surface area (Å²) in [6, 6.07) is 0. The first-order valence-electron chi connectivity index (χ1n) is 6.02. The Hall–Kier alpha value is -1.83. The first-order chi connectivity index (χ1) is 9.70. The molecule has 0 aliphatic rings. The zero-order valence-corrected chi connectivity index (χ0v) is 11.7. The van der Waals surface area contributed by atoms with Gasteiger partial charge in [-0.05, 0) is 13.3 Å². The van der Waals surface area contributed by atoms with Gasteiger partial charge in [-0.3, -0.25) is 0 Å². The average molecular weight is 322 g/mol. The lowest BCUT2D eigenvalue weighted by molar-refractivity contribution is -0.135. The van der Waals surface area contributed by atoms with Crippen LogP contribution >= 0.6 is 11.6 Å². The number of fused-ring (bicyclic) bond motifs is 1. The van der Waals surface area contributed by atoms with Crippen molar-refractivity contribution < 1.29 is 23.1 Å². The van der Waals surface area contributed by atoms with E-state index in [4.69, 9.17) is 16.7 Å². The summed E-state index contributed by atoms with van der Waals surface area (Å²) in [6.45, 7) is 1.50. The van der Waals surface area contributed by atoms with Crippen LogP contribution in [-0.4, -0.2) is 32.0 Å². The fourth-order valence-corrected chi connectivity index (χ4v) is 2.35. The number of halogens is 4. The number of hydrogen-bond donors (Lipinski definition) is 1. The van der Waals surface area contributed by atoms with E-state index in [9.17, 15) is 18.0 Å². The molecule has 0 aliphatic heterocycles. The normalized spacial score (nSPS) is 12.0. The molecule has 0 radical (unpaired) electrons. The molecule has 0 aromatic carbocycles. The molecule has 9 heteroatoms. The van der Waals surface area contributed by atoms with Crippen LogP contribution in [0.3, 0.4) is 0 Å². The summed E-state index contributed by atoms with van der Waals surface area (Å²) >= 11 is 6.01. The largest absolute Gasteiger partial charge is 0.478 e. The molecule has 0 bridgehead atoms. The van der Waals surface area contributed by atoms with E-state index in [1.54, 1.807) is 0 Å². The lowest BCUT2D eigenvalue weighted by Gasteiger charge is -2.08. The van der Waals surface area contributed by atoms with E-state index >= 15 is 0 Å². The number of rotatable bonds is 4. The number of pyridine rings is 1. The summed E-state index contributed by atoms with van der Waals surface area (Å²) in [4.78, 5) is 15.2. The van der Waals surface area contributed by atoms with Crippen LogP contribution in [0.15, 0.2) is 6.20 Å². The van der Waals surface area contributed by atoms with Crippen molar-refractivity contribution in [3.8, 4) is 0 Å². The zero-order chi connectivity index (χ0) is 15.8. The highest BCUT2D eigenvalue weighted by Gasteiger charge is 2.26. The van der Waals surface area contributed by atoms with Crippen LogP contribution < -0.4 is 0 Å².